The van der Waals surface area contributed by atoms with Crippen LogP contribution in [-0.2, 0) is 29.1 Å². The van der Waals surface area contributed by atoms with E-state index >= 15 is 0 Å². The minimum absolute atomic E-state index is 0.163. The fourth-order valence-electron chi connectivity index (χ4n) is 3.85. The molecule has 1 aromatic carbocycles. The van der Waals surface area contributed by atoms with Gasteiger partial charge in [-0.3, -0.25) is 14.6 Å². The van der Waals surface area contributed by atoms with Gasteiger partial charge in [-0.15, -0.1) is 0 Å². The number of amides is 2. The molecular formula is C23H31N5O3. The van der Waals surface area contributed by atoms with E-state index in [2.05, 4.69) is 10.3 Å². The molecule has 1 aliphatic rings. The molecule has 0 unspecified atom stereocenters. The second kappa shape index (κ2) is 10.9. The molecule has 1 aromatic heterocycles. The fourth-order valence-corrected chi connectivity index (χ4v) is 3.85. The van der Waals surface area contributed by atoms with Crippen LogP contribution in [0.4, 0.5) is 0 Å². The van der Waals surface area contributed by atoms with Crippen molar-refractivity contribution in [3.05, 3.63) is 59.4 Å². The van der Waals surface area contributed by atoms with E-state index in [0.717, 1.165) is 24.0 Å². The maximum Gasteiger partial charge on any atom is 0.243 e. The highest BCUT2D eigenvalue weighted by Gasteiger charge is 2.35. The summed E-state index contributed by atoms with van der Waals surface area (Å²) in [4.78, 5) is 31.6. The van der Waals surface area contributed by atoms with E-state index < -0.39 is 12.1 Å². The highest BCUT2D eigenvalue weighted by molar-refractivity contribution is 5.90. The van der Waals surface area contributed by atoms with Crippen LogP contribution in [0.1, 0.15) is 36.1 Å². The Labute approximate surface area is 183 Å². The minimum atomic E-state index is -0.620. The van der Waals surface area contributed by atoms with E-state index in [4.69, 9.17) is 16.2 Å². The monoisotopic (exact) mass is 425 g/mol. The number of nitrogens with zero attached hydrogens (tertiary/aromatic N) is 2. The van der Waals surface area contributed by atoms with Gasteiger partial charge in [-0.2, -0.15) is 0 Å². The lowest BCUT2D eigenvalue weighted by Gasteiger charge is -2.26. The lowest BCUT2D eigenvalue weighted by Crippen LogP contribution is -2.51. The number of methoxy groups -OCH3 is 1. The zero-order valence-corrected chi connectivity index (χ0v) is 17.9. The molecule has 0 saturated carbocycles. The Hall–Kier alpha value is -2.97. The molecule has 2 atom stereocenters. The molecule has 5 N–H and O–H groups in total. The van der Waals surface area contributed by atoms with E-state index in [1.54, 1.807) is 18.2 Å². The number of aromatic nitrogens is 1. The number of aryl methyl sites for hydroxylation is 1. The highest BCUT2D eigenvalue weighted by atomic mass is 16.5. The number of benzene rings is 1. The molecule has 1 aliphatic heterocycles. The first-order valence-electron chi connectivity index (χ1n) is 10.6. The van der Waals surface area contributed by atoms with Gasteiger partial charge in [0.05, 0.1) is 18.8 Å². The standard InChI is InChI=1S/C23H31N5O3/c1-31-21-12-17(14-26-19(21)13-24)15-27-22(29)20-8-5-11-28(20)23(30)18(25)10-9-16-6-3-2-4-7-16/h2-4,6-7,12,14,18,20H,5,8-11,13,15,24-25H2,1H3,(H,27,29)/t18-,20+/m1/s1. The third-order valence-corrected chi connectivity index (χ3v) is 5.61. The summed E-state index contributed by atoms with van der Waals surface area (Å²) < 4.78 is 5.29. The van der Waals surface area contributed by atoms with Gasteiger partial charge in [0.1, 0.15) is 11.8 Å². The SMILES string of the molecule is COc1cc(CNC(=O)[C@@H]2CCCN2C(=O)[C@H](N)CCc2ccccc2)cnc1CN. The number of nitrogens with two attached hydrogens (primary N) is 2. The van der Waals surface area contributed by atoms with Crippen LogP contribution in [0.15, 0.2) is 42.6 Å². The first-order chi connectivity index (χ1) is 15.0. The number of hydrogen-bond donors (Lipinski definition) is 3. The number of carbonyl (C=O) groups excluding carboxylic acids is 2. The number of nitrogens with one attached hydrogen (secondary N) is 1. The van der Waals surface area contributed by atoms with Crippen molar-refractivity contribution in [2.24, 2.45) is 11.5 Å². The smallest absolute Gasteiger partial charge is 0.243 e. The van der Waals surface area contributed by atoms with Crippen LogP contribution in [-0.4, -0.2) is 47.4 Å². The molecule has 0 aliphatic carbocycles. The quantitative estimate of drug-likeness (QED) is 0.553. The van der Waals surface area contributed by atoms with Gasteiger partial charge in [0.2, 0.25) is 11.8 Å². The topological polar surface area (TPSA) is 124 Å². The third kappa shape index (κ3) is 5.80. The zero-order valence-electron chi connectivity index (χ0n) is 17.9. The van der Waals surface area contributed by atoms with E-state index in [-0.39, 0.29) is 18.4 Å². The van der Waals surface area contributed by atoms with E-state index in [1.807, 2.05) is 36.4 Å². The Balaban J connectivity index is 1.55. The van der Waals surface area contributed by atoms with Crippen molar-refractivity contribution in [3.8, 4) is 5.75 Å². The van der Waals surface area contributed by atoms with Crippen LogP contribution >= 0.6 is 0 Å². The van der Waals surface area contributed by atoms with Gasteiger partial charge in [-0.05, 0) is 42.9 Å². The lowest BCUT2D eigenvalue weighted by molar-refractivity contribution is -0.139. The van der Waals surface area contributed by atoms with Gasteiger partial charge in [0.15, 0.2) is 0 Å². The van der Waals surface area contributed by atoms with Gasteiger partial charge < -0.3 is 26.4 Å². The van der Waals surface area contributed by atoms with Gasteiger partial charge >= 0.3 is 0 Å². The highest BCUT2D eigenvalue weighted by Crippen LogP contribution is 2.20. The predicted molar refractivity (Wildman–Crippen MR) is 118 cm³/mol. The largest absolute Gasteiger partial charge is 0.495 e. The number of carbonyl (C=O) groups is 2. The Morgan fingerprint density at radius 3 is 2.77 bits per heavy atom. The predicted octanol–water partition coefficient (Wildman–Crippen LogP) is 1.12. The zero-order chi connectivity index (χ0) is 22.2. The molecule has 2 amide bonds. The van der Waals surface area contributed by atoms with Crippen molar-refractivity contribution in [3.63, 3.8) is 0 Å². The van der Waals surface area contributed by atoms with Gasteiger partial charge in [-0.25, -0.2) is 0 Å². The number of likely N-dealkylation sites (tertiary alicyclic amines) is 1. The summed E-state index contributed by atoms with van der Waals surface area (Å²) in [7, 11) is 1.56. The third-order valence-electron chi connectivity index (χ3n) is 5.61. The van der Waals surface area contributed by atoms with Crippen LogP contribution in [0, 0.1) is 0 Å². The molecule has 8 nitrogen and oxygen atoms in total. The Kier molecular flexibility index (Phi) is 7.97. The summed E-state index contributed by atoms with van der Waals surface area (Å²) in [6, 6.07) is 10.6. The Morgan fingerprint density at radius 2 is 2.06 bits per heavy atom. The van der Waals surface area contributed by atoms with Crippen LogP contribution in [0.3, 0.4) is 0 Å². The van der Waals surface area contributed by atoms with E-state index in [1.165, 1.54) is 0 Å². The van der Waals surface area contributed by atoms with Gasteiger partial charge in [-0.1, -0.05) is 30.3 Å². The molecule has 1 saturated heterocycles. The summed E-state index contributed by atoms with van der Waals surface area (Å²) >= 11 is 0. The minimum Gasteiger partial charge on any atom is -0.495 e. The summed E-state index contributed by atoms with van der Waals surface area (Å²) in [5.74, 6) is 0.253. The van der Waals surface area contributed by atoms with Crippen molar-refractivity contribution in [1.29, 1.82) is 0 Å². The van der Waals surface area contributed by atoms with Crippen LogP contribution in [0.2, 0.25) is 0 Å². The summed E-state index contributed by atoms with van der Waals surface area (Å²) in [6.45, 7) is 1.13. The van der Waals surface area contributed by atoms with Crippen molar-refractivity contribution < 1.29 is 14.3 Å². The number of hydrogen-bond acceptors (Lipinski definition) is 6. The number of ether oxygens (including phenoxy) is 1. The van der Waals surface area contributed by atoms with Crippen molar-refractivity contribution in [1.82, 2.24) is 15.2 Å². The average molecular weight is 426 g/mol. The first-order valence-corrected chi connectivity index (χ1v) is 10.6. The van der Waals surface area contributed by atoms with E-state index in [0.29, 0.717) is 37.4 Å². The average Bonchev–Trinajstić information content (AvgIpc) is 3.31. The van der Waals surface area contributed by atoms with Crippen LogP contribution in [0.5, 0.6) is 5.75 Å². The maximum atomic E-state index is 12.9. The molecule has 3 rings (SSSR count). The van der Waals surface area contributed by atoms with Crippen LogP contribution < -0.4 is 21.5 Å². The molecule has 0 bridgehead atoms. The first kappa shape index (κ1) is 22.7. The molecule has 1 fully saturated rings. The molecule has 0 radical (unpaired) electrons. The molecule has 8 heteroatoms. The molecule has 166 valence electrons. The van der Waals surface area contributed by atoms with E-state index in [9.17, 15) is 9.59 Å². The maximum absolute atomic E-state index is 12.9. The molecule has 31 heavy (non-hydrogen) atoms. The lowest BCUT2D eigenvalue weighted by atomic mass is 10.0. The van der Waals surface area contributed by atoms with Gasteiger partial charge in [0.25, 0.3) is 0 Å². The second-order valence-corrected chi connectivity index (χ2v) is 7.73. The second-order valence-electron chi connectivity index (χ2n) is 7.73. The summed E-state index contributed by atoms with van der Waals surface area (Å²) in [5, 5.41) is 2.91. The number of rotatable bonds is 9. The molecule has 0 spiro atoms. The fraction of sp³-hybridized carbons (Fsp3) is 0.435. The van der Waals surface area contributed by atoms with Crippen molar-refractivity contribution in [2.75, 3.05) is 13.7 Å². The van der Waals surface area contributed by atoms with Gasteiger partial charge in [0, 0.05) is 25.8 Å². The van der Waals surface area contributed by atoms with Crippen molar-refractivity contribution >= 4 is 11.8 Å². The Morgan fingerprint density at radius 1 is 1.29 bits per heavy atom. The van der Waals surface area contributed by atoms with Crippen molar-refractivity contribution in [2.45, 2.75) is 50.9 Å². The number of pyridine rings is 1. The molecule has 2 heterocycles. The molecule has 2 aromatic rings. The summed E-state index contributed by atoms with van der Waals surface area (Å²) in [5.41, 5.74) is 14.4. The Bertz CT molecular complexity index is 890. The summed E-state index contributed by atoms with van der Waals surface area (Å²) in [6.07, 6.45) is 4.37. The van der Waals surface area contributed by atoms with Crippen LogP contribution in [0.25, 0.3) is 0 Å². The molecular weight excluding hydrogens is 394 g/mol. The normalized spacial score (nSPS) is 16.7.